The van der Waals surface area contributed by atoms with Gasteiger partial charge in [-0.3, -0.25) is 19.3 Å². The number of nitrogens with zero attached hydrogens (tertiary/aromatic N) is 2. The highest BCUT2D eigenvalue weighted by Crippen LogP contribution is 2.54. The molecule has 34 heavy (non-hydrogen) atoms. The van der Waals surface area contributed by atoms with E-state index in [0.29, 0.717) is 11.3 Å². The molecular weight excluding hydrogens is 444 g/mol. The maximum Gasteiger partial charge on any atom is 0.255 e. The number of rotatable bonds is 3. The molecule has 0 aromatic heterocycles. The van der Waals surface area contributed by atoms with Crippen LogP contribution in [-0.4, -0.2) is 82.6 Å². The first-order valence-electron chi connectivity index (χ1n) is 10.7. The van der Waals surface area contributed by atoms with Crippen molar-refractivity contribution in [2.24, 2.45) is 17.6 Å². The number of carbonyl (C=O) groups is 3. The van der Waals surface area contributed by atoms with E-state index in [1.165, 1.54) is 4.90 Å². The zero-order valence-electron chi connectivity index (χ0n) is 19.3. The number of amides is 1. The molecule has 4 atom stereocenters. The van der Waals surface area contributed by atoms with Gasteiger partial charge in [0.25, 0.3) is 5.91 Å². The van der Waals surface area contributed by atoms with Gasteiger partial charge < -0.3 is 36.8 Å². The SMILES string of the molecule is CN(C)c1cc(N)c(O)c2c1CC1CC3[C@H](N(C)C)C(=O)C(C(N)=O)=C(O)[C@@]3(O)C(=O)C1=C2O. The average Bonchev–Trinajstić information content (AvgIpc) is 2.72. The van der Waals surface area contributed by atoms with E-state index in [1.54, 1.807) is 39.2 Å². The highest BCUT2D eigenvalue weighted by Gasteiger charge is 2.64. The number of primary amides is 1. The van der Waals surface area contributed by atoms with Crippen LogP contribution in [0.4, 0.5) is 11.4 Å². The van der Waals surface area contributed by atoms with E-state index in [2.05, 4.69) is 0 Å². The smallest absolute Gasteiger partial charge is 0.255 e. The lowest BCUT2D eigenvalue weighted by Crippen LogP contribution is -2.65. The number of fused-ring (bicyclic) bond motifs is 3. The van der Waals surface area contributed by atoms with E-state index in [4.69, 9.17) is 11.5 Å². The number of aliphatic hydroxyl groups is 3. The minimum Gasteiger partial charge on any atom is -0.508 e. The second-order valence-corrected chi connectivity index (χ2v) is 9.54. The van der Waals surface area contributed by atoms with Gasteiger partial charge in [-0.2, -0.15) is 0 Å². The van der Waals surface area contributed by atoms with Gasteiger partial charge in [0.1, 0.15) is 22.8 Å². The summed E-state index contributed by atoms with van der Waals surface area (Å²) in [5, 5.41) is 44.2. The molecule has 2 unspecified atom stereocenters. The number of Topliss-reactive ketones (excluding diaryl/α,β-unsaturated/α-hetero) is 2. The van der Waals surface area contributed by atoms with Crippen molar-refractivity contribution in [1.82, 2.24) is 4.90 Å². The molecule has 1 fully saturated rings. The summed E-state index contributed by atoms with van der Waals surface area (Å²) in [4.78, 5) is 42.0. The Kier molecular flexibility index (Phi) is 5.18. The first-order valence-corrected chi connectivity index (χ1v) is 10.7. The van der Waals surface area contributed by atoms with Crippen LogP contribution in [0.25, 0.3) is 5.76 Å². The van der Waals surface area contributed by atoms with Gasteiger partial charge in [-0.1, -0.05) is 0 Å². The van der Waals surface area contributed by atoms with Crippen LogP contribution in [0.3, 0.4) is 0 Å². The maximum absolute atomic E-state index is 13.7. The molecule has 1 saturated carbocycles. The Hall–Kier alpha value is -3.57. The number of phenolic OH excluding ortho intramolecular Hbond substituents is 1. The lowest BCUT2D eigenvalue weighted by Gasteiger charge is -2.50. The van der Waals surface area contributed by atoms with Crippen LogP contribution in [0.5, 0.6) is 5.75 Å². The van der Waals surface area contributed by atoms with E-state index >= 15 is 0 Å². The number of aromatic hydroxyl groups is 1. The number of nitrogen functional groups attached to an aromatic ring is 1. The normalized spacial score (nSPS) is 28.6. The van der Waals surface area contributed by atoms with Crippen LogP contribution >= 0.6 is 0 Å². The highest BCUT2D eigenvalue weighted by molar-refractivity contribution is 6.24. The van der Waals surface area contributed by atoms with E-state index in [9.17, 15) is 34.8 Å². The summed E-state index contributed by atoms with van der Waals surface area (Å²) in [6.45, 7) is 0. The summed E-state index contributed by atoms with van der Waals surface area (Å²) in [5.41, 5.74) is 8.68. The molecule has 3 aliphatic carbocycles. The summed E-state index contributed by atoms with van der Waals surface area (Å²) in [7, 11) is 6.64. The molecule has 0 heterocycles. The third-order valence-electron chi connectivity index (χ3n) is 7.21. The van der Waals surface area contributed by atoms with Crippen molar-refractivity contribution in [2.75, 3.05) is 38.8 Å². The molecule has 0 saturated heterocycles. The fourth-order valence-corrected chi connectivity index (χ4v) is 5.71. The summed E-state index contributed by atoms with van der Waals surface area (Å²) >= 11 is 0. The number of carbonyl (C=O) groups excluding carboxylic acids is 3. The summed E-state index contributed by atoms with van der Waals surface area (Å²) in [6, 6.07) is 0.444. The molecule has 0 aliphatic heterocycles. The zero-order valence-corrected chi connectivity index (χ0v) is 19.3. The minimum atomic E-state index is -2.66. The summed E-state index contributed by atoms with van der Waals surface area (Å²) in [6.07, 6.45) is 0.236. The van der Waals surface area contributed by atoms with Crippen LogP contribution < -0.4 is 16.4 Å². The van der Waals surface area contributed by atoms with Gasteiger partial charge in [0.05, 0.1) is 17.3 Å². The van der Waals surface area contributed by atoms with E-state index in [0.717, 1.165) is 0 Å². The number of nitrogens with two attached hydrogens (primary N) is 2. The molecule has 1 amide bonds. The first-order chi connectivity index (χ1) is 15.7. The Labute approximate surface area is 195 Å². The second-order valence-electron chi connectivity index (χ2n) is 9.54. The van der Waals surface area contributed by atoms with Crippen LogP contribution in [0.15, 0.2) is 23.0 Å². The zero-order chi connectivity index (χ0) is 25.4. The molecule has 0 radical (unpaired) electrons. The van der Waals surface area contributed by atoms with Gasteiger partial charge in [-0.25, -0.2) is 0 Å². The predicted molar refractivity (Wildman–Crippen MR) is 123 cm³/mol. The Morgan fingerprint density at radius 1 is 1.15 bits per heavy atom. The van der Waals surface area contributed by atoms with Crippen molar-refractivity contribution in [3.8, 4) is 5.75 Å². The topological polar surface area (TPSA) is 191 Å². The third-order valence-corrected chi connectivity index (χ3v) is 7.21. The number of ketones is 2. The van der Waals surface area contributed by atoms with Gasteiger partial charge in [0.2, 0.25) is 5.78 Å². The second kappa shape index (κ2) is 7.47. The van der Waals surface area contributed by atoms with Crippen molar-refractivity contribution < 1.29 is 34.8 Å². The molecule has 1 aromatic carbocycles. The van der Waals surface area contributed by atoms with E-state index in [1.807, 2.05) is 0 Å². The first kappa shape index (κ1) is 23.6. The van der Waals surface area contributed by atoms with E-state index in [-0.39, 0.29) is 29.7 Å². The largest absolute Gasteiger partial charge is 0.508 e. The van der Waals surface area contributed by atoms with Gasteiger partial charge >= 0.3 is 0 Å². The molecule has 182 valence electrons. The van der Waals surface area contributed by atoms with Crippen molar-refractivity contribution >= 4 is 34.6 Å². The molecular formula is C23H28N4O7. The highest BCUT2D eigenvalue weighted by atomic mass is 16.3. The average molecular weight is 472 g/mol. The molecule has 3 aliphatic rings. The molecule has 11 heteroatoms. The standard InChI is InChI=1S/C23H28N4O7/c1-26(2)12-7-11(24)17(28)14-9(12)5-8-6-10-16(27(3)4)19(30)15(22(25)33)21(32)23(10,34)20(31)13(8)18(14)29/h7-8,10,16,28-29,32,34H,5-6,24H2,1-4H3,(H2,25,33)/t8?,10?,16-,23-/m0/s1. The number of aliphatic hydroxyl groups excluding tert-OH is 2. The monoisotopic (exact) mass is 472 g/mol. The fourth-order valence-electron chi connectivity index (χ4n) is 5.71. The van der Waals surface area contributed by atoms with E-state index < -0.39 is 63.8 Å². The Morgan fingerprint density at radius 2 is 1.76 bits per heavy atom. The van der Waals surface area contributed by atoms with Gasteiger partial charge in [-0.15, -0.1) is 0 Å². The lowest BCUT2D eigenvalue weighted by molar-refractivity contribution is -0.153. The molecule has 0 bridgehead atoms. The number of phenols is 1. The van der Waals surface area contributed by atoms with Crippen LogP contribution in [0.1, 0.15) is 17.5 Å². The van der Waals surface area contributed by atoms with Gasteiger partial charge in [-0.05, 0) is 44.5 Å². The van der Waals surface area contributed by atoms with Crippen molar-refractivity contribution in [3.05, 3.63) is 34.1 Å². The molecule has 1 aromatic rings. The molecule has 8 N–H and O–H groups in total. The molecule has 11 nitrogen and oxygen atoms in total. The van der Waals surface area contributed by atoms with Crippen LogP contribution in [0.2, 0.25) is 0 Å². The Bertz CT molecular complexity index is 1220. The predicted octanol–water partition coefficient (Wildman–Crippen LogP) is -0.388. The summed E-state index contributed by atoms with van der Waals surface area (Å²) in [5.74, 6) is -6.95. The summed E-state index contributed by atoms with van der Waals surface area (Å²) < 4.78 is 0. The number of likely N-dealkylation sites (N-methyl/N-ethyl adjacent to an activating group) is 1. The van der Waals surface area contributed by atoms with Gasteiger partial charge in [0.15, 0.2) is 11.4 Å². The van der Waals surface area contributed by atoms with Crippen molar-refractivity contribution in [3.63, 3.8) is 0 Å². The quantitative estimate of drug-likeness (QED) is 0.192. The number of hydrogen-bond acceptors (Lipinski definition) is 10. The molecule has 4 rings (SSSR count). The van der Waals surface area contributed by atoms with Crippen molar-refractivity contribution in [2.45, 2.75) is 24.5 Å². The fraction of sp³-hybridized carbons (Fsp3) is 0.435. The number of hydrogen-bond donors (Lipinski definition) is 6. The Morgan fingerprint density at radius 3 is 2.29 bits per heavy atom. The maximum atomic E-state index is 13.7. The van der Waals surface area contributed by atoms with Crippen molar-refractivity contribution in [1.29, 1.82) is 0 Å². The number of benzene rings is 1. The minimum absolute atomic E-state index is 0.0115. The lowest BCUT2D eigenvalue weighted by atomic mass is 9.57. The van der Waals surface area contributed by atoms with Crippen LogP contribution in [0, 0.1) is 11.8 Å². The Balaban J connectivity index is 2.01. The third kappa shape index (κ3) is 2.86. The molecule has 0 spiro atoms. The van der Waals surface area contributed by atoms with Gasteiger partial charge in [0, 0.05) is 31.3 Å². The van der Waals surface area contributed by atoms with Crippen LogP contribution in [-0.2, 0) is 20.8 Å². The number of anilines is 2.